The number of hydrogen-bond donors (Lipinski definition) is 1. The summed E-state index contributed by atoms with van der Waals surface area (Å²) in [7, 11) is 0. The van der Waals surface area contributed by atoms with Crippen molar-refractivity contribution in [1.82, 2.24) is 0 Å². The van der Waals surface area contributed by atoms with Crippen molar-refractivity contribution < 1.29 is 14.3 Å². The van der Waals surface area contributed by atoms with E-state index < -0.39 is 0 Å². The number of benzene rings is 1. The highest BCUT2D eigenvalue weighted by atomic mass is 16.5. The van der Waals surface area contributed by atoms with Gasteiger partial charge in [0.05, 0.1) is 17.9 Å². The fourth-order valence-corrected chi connectivity index (χ4v) is 1.91. The molecular formula is C14H20N2O3. The molecule has 0 aliphatic carbocycles. The molecule has 1 aromatic carbocycles. The van der Waals surface area contributed by atoms with Crippen LogP contribution in [0.2, 0.25) is 0 Å². The average molecular weight is 264 g/mol. The van der Waals surface area contributed by atoms with Gasteiger partial charge in [-0.2, -0.15) is 0 Å². The van der Waals surface area contributed by atoms with E-state index in [1.165, 1.54) is 0 Å². The molecule has 19 heavy (non-hydrogen) atoms. The van der Waals surface area contributed by atoms with Crippen molar-refractivity contribution in [2.75, 3.05) is 30.4 Å². The monoisotopic (exact) mass is 264 g/mol. The second-order valence-electron chi connectivity index (χ2n) is 5.52. The summed E-state index contributed by atoms with van der Waals surface area (Å²) in [6.07, 6.45) is 0. The second-order valence-corrected chi connectivity index (χ2v) is 5.52. The molecule has 0 atom stereocenters. The van der Waals surface area contributed by atoms with E-state index in [2.05, 4.69) is 0 Å². The van der Waals surface area contributed by atoms with Crippen molar-refractivity contribution >= 4 is 17.3 Å². The van der Waals surface area contributed by atoms with E-state index in [9.17, 15) is 4.79 Å². The molecule has 5 nitrogen and oxygen atoms in total. The van der Waals surface area contributed by atoms with Crippen LogP contribution in [-0.4, -0.2) is 31.3 Å². The Morgan fingerprint density at radius 3 is 2.84 bits per heavy atom. The third-order valence-corrected chi connectivity index (χ3v) is 2.78. The van der Waals surface area contributed by atoms with E-state index in [0.29, 0.717) is 30.3 Å². The Labute approximate surface area is 113 Å². The fraction of sp³-hybridized carbons (Fsp3) is 0.500. The lowest BCUT2D eigenvalue weighted by Crippen LogP contribution is -2.41. The number of carbonyl (C=O) groups excluding carboxylic acids is 1. The largest absolute Gasteiger partial charge is 0.482 e. The number of fused-ring (bicyclic) bond motifs is 1. The molecule has 0 saturated carbocycles. The predicted molar refractivity (Wildman–Crippen MR) is 74.4 cm³/mol. The number of hydrogen-bond acceptors (Lipinski definition) is 4. The molecule has 1 aliphatic heterocycles. The zero-order valence-corrected chi connectivity index (χ0v) is 11.6. The average Bonchev–Trinajstić information content (AvgIpc) is 2.30. The zero-order chi connectivity index (χ0) is 14.0. The van der Waals surface area contributed by atoms with Gasteiger partial charge in [0.15, 0.2) is 6.61 Å². The van der Waals surface area contributed by atoms with Gasteiger partial charge < -0.3 is 20.1 Å². The highest BCUT2D eigenvalue weighted by Gasteiger charge is 2.25. The zero-order valence-electron chi connectivity index (χ0n) is 11.6. The molecule has 2 N–H and O–H groups in total. The summed E-state index contributed by atoms with van der Waals surface area (Å²) in [5.74, 6) is 0.611. The quantitative estimate of drug-likeness (QED) is 0.846. The van der Waals surface area contributed by atoms with Crippen molar-refractivity contribution in [3.63, 3.8) is 0 Å². The molecule has 0 aromatic heterocycles. The number of nitrogens with two attached hydrogens (primary N) is 1. The standard InChI is InChI=1S/C14H20N2O3/c1-14(2,3)19-7-6-16-11-8-10(15)4-5-12(11)18-9-13(16)17/h4-5,8H,6-7,9,15H2,1-3H3. The summed E-state index contributed by atoms with van der Waals surface area (Å²) < 4.78 is 11.0. The van der Waals surface area contributed by atoms with Crippen LogP contribution in [0, 0.1) is 0 Å². The third kappa shape index (κ3) is 3.38. The first kappa shape index (κ1) is 13.7. The Balaban J connectivity index is 2.12. The van der Waals surface area contributed by atoms with E-state index >= 15 is 0 Å². The number of nitrogens with zero attached hydrogens (tertiary/aromatic N) is 1. The Morgan fingerprint density at radius 1 is 1.42 bits per heavy atom. The third-order valence-electron chi connectivity index (χ3n) is 2.78. The molecule has 1 amide bonds. The molecule has 0 spiro atoms. The Kier molecular flexibility index (Phi) is 3.66. The molecule has 2 rings (SSSR count). The maximum Gasteiger partial charge on any atom is 0.265 e. The van der Waals surface area contributed by atoms with E-state index in [1.807, 2.05) is 20.8 Å². The van der Waals surface area contributed by atoms with Crippen LogP contribution in [0.1, 0.15) is 20.8 Å². The summed E-state index contributed by atoms with van der Waals surface area (Å²) in [6.45, 7) is 6.99. The molecule has 0 saturated heterocycles. The van der Waals surface area contributed by atoms with Crippen molar-refractivity contribution in [3.8, 4) is 5.75 Å². The number of ether oxygens (including phenoxy) is 2. The Bertz CT molecular complexity index is 480. The SMILES string of the molecule is CC(C)(C)OCCN1C(=O)COc2ccc(N)cc21. The maximum atomic E-state index is 11.9. The van der Waals surface area contributed by atoms with E-state index in [1.54, 1.807) is 23.1 Å². The fourth-order valence-electron chi connectivity index (χ4n) is 1.91. The van der Waals surface area contributed by atoms with Gasteiger partial charge in [-0.05, 0) is 39.0 Å². The van der Waals surface area contributed by atoms with Gasteiger partial charge in [-0.3, -0.25) is 4.79 Å². The van der Waals surface area contributed by atoms with Gasteiger partial charge in [-0.1, -0.05) is 0 Å². The number of carbonyl (C=O) groups is 1. The molecular weight excluding hydrogens is 244 g/mol. The molecule has 1 heterocycles. The first-order chi connectivity index (χ1) is 8.87. The lowest BCUT2D eigenvalue weighted by atomic mass is 10.2. The van der Waals surface area contributed by atoms with E-state index in [4.69, 9.17) is 15.2 Å². The van der Waals surface area contributed by atoms with Gasteiger partial charge in [0.2, 0.25) is 0 Å². The summed E-state index contributed by atoms with van der Waals surface area (Å²) in [5, 5.41) is 0. The first-order valence-corrected chi connectivity index (χ1v) is 6.33. The maximum absolute atomic E-state index is 11.9. The summed E-state index contributed by atoms with van der Waals surface area (Å²) >= 11 is 0. The minimum atomic E-state index is -0.214. The van der Waals surface area contributed by atoms with Gasteiger partial charge in [0.1, 0.15) is 5.75 Å². The Hall–Kier alpha value is -1.75. The molecule has 0 fully saturated rings. The van der Waals surface area contributed by atoms with Crippen LogP contribution < -0.4 is 15.4 Å². The lowest BCUT2D eigenvalue weighted by Gasteiger charge is -2.30. The van der Waals surface area contributed by atoms with Crippen molar-refractivity contribution in [2.45, 2.75) is 26.4 Å². The van der Waals surface area contributed by atoms with Crippen molar-refractivity contribution in [1.29, 1.82) is 0 Å². The van der Waals surface area contributed by atoms with E-state index in [0.717, 1.165) is 0 Å². The van der Waals surface area contributed by atoms with Gasteiger partial charge in [0, 0.05) is 12.2 Å². The van der Waals surface area contributed by atoms with Gasteiger partial charge in [-0.25, -0.2) is 0 Å². The highest BCUT2D eigenvalue weighted by molar-refractivity contribution is 5.98. The number of anilines is 2. The van der Waals surface area contributed by atoms with Crippen LogP contribution in [0.25, 0.3) is 0 Å². The number of nitrogen functional groups attached to an aromatic ring is 1. The number of amides is 1. The molecule has 0 bridgehead atoms. The summed E-state index contributed by atoms with van der Waals surface area (Å²) in [5.41, 5.74) is 6.87. The summed E-state index contributed by atoms with van der Waals surface area (Å²) in [4.78, 5) is 13.6. The highest BCUT2D eigenvalue weighted by Crippen LogP contribution is 2.33. The van der Waals surface area contributed by atoms with Gasteiger partial charge in [-0.15, -0.1) is 0 Å². The van der Waals surface area contributed by atoms with Crippen LogP contribution in [0.4, 0.5) is 11.4 Å². The number of rotatable bonds is 3. The smallest absolute Gasteiger partial charge is 0.265 e. The molecule has 1 aromatic rings. The van der Waals surface area contributed by atoms with E-state index in [-0.39, 0.29) is 18.1 Å². The minimum Gasteiger partial charge on any atom is -0.482 e. The molecule has 104 valence electrons. The topological polar surface area (TPSA) is 64.8 Å². The van der Waals surface area contributed by atoms with Crippen molar-refractivity contribution in [2.24, 2.45) is 0 Å². The molecule has 1 aliphatic rings. The molecule has 0 radical (unpaired) electrons. The molecule has 0 unspecified atom stereocenters. The van der Waals surface area contributed by atoms with Gasteiger partial charge in [0.25, 0.3) is 5.91 Å². The normalized spacial score (nSPS) is 15.1. The van der Waals surface area contributed by atoms with Crippen LogP contribution in [0.5, 0.6) is 5.75 Å². The first-order valence-electron chi connectivity index (χ1n) is 6.33. The second kappa shape index (κ2) is 5.09. The van der Waals surface area contributed by atoms with Crippen LogP contribution in [0.15, 0.2) is 18.2 Å². The Morgan fingerprint density at radius 2 is 2.16 bits per heavy atom. The van der Waals surface area contributed by atoms with Crippen molar-refractivity contribution in [3.05, 3.63) is 18.2 Å². The lowest BCUT2D eigenvalue weighted by molar-refractivity contribution is -0.121. The van der Waals surface area contributed by atoms with Crippen LogP contribution in [0.3, 0.4) is 0 Å². The minimum absolute atomic E-state index is 0.0619. The van der Waals surface area contributed by atoms with Crippen LogP contribution >= 0.6 is 0 Å². The van der Waals surface area contributed by atoms with Crippen LogP contribution in [-0.2, 0) is 9.53 Å². The summed E-state index contributed by atoms with van der Waals surface area (Å²) in [6, 6.07) is 5.30. The predicted octanol–water partition coefficient (Wildman–Crippen LogP) is 1.81. The molecule has 5 heteroatoms. The van der Waals surface area contributed by atoms with Gasteiger partial charge >= 0.3 is 0 Å².